The van der Waals surface area contributed by atoms with Gasteiger partial charge in [0.2, 0.25) is 0 Å². The Morgan fingerprint density at radius 3 is 2.84 bits per heavy atom. The Bertz CT molecular complexity index is 391. The van der Waals surface area contributed by atoms with Crippen molar-refractivity contribution in [3.63, 3.8) is 0 Å². The van der Waals surface area contributed by atoms with Crippen LogP contribution in [0.15, 0.2) is 18.5 Å². The summed E-state index contributed by atoms with van der Waals surface area (Å²) in [5, 5.41) is 0. The van der Waals surface area contributed by atoms with Crippen LogP contribution >= 0.6 is 0 Å². The van der Waals surface area contributed by atoms with E-state index in [1.165, 1.54) is 36.8 Å². The molecule has 106 valence electrons. The molecule has 2 atom stereocenters. The molecule has 1 aliphatic rings. The van der Waals surface area contributed by atoms with Crippen molar-refractivity contribution in [2.45, 2.75) is 52.1 Å². The zero-order chi connectivity index (χ0) is 13.7. The average molecular weight is 261 g/mol. The quantitative estimate of drug-likeness (QED) is 0.886. The van der Waals surface area contributed by atoms with E-state index in [1.807, 2.05) is 12.4 Å². The van der Waals surface area contributed by atoms with Crippen LogP contribution < -0.4 is 5.73 Å². The summed E-state index contributed by atoms with van der Waals surface area (Å²) in [5.74, 6) is 0.672. The molecule has 1 aromatic rings. The molecule has 0 radical (unpaired) electrons. The van der Waals surface area contributed by atoms with Crippen molar-refractivity contribution in [3.8, 4) is 0 Å². The lowest BCUT2D eigenvalue weighted by Crippen LogP contribution is -2.44. The topological polar surface area (TPSA) is 42.2 Å². The highest BCUT2D eigenvalue weighted by Gasteiger charge is 2.28. The fraction of sp³-hybridized carbons (Fsp3) is 0.688. The van der Waals surface area contributed by atoms with Crippen LogP contribution in [0.25, 0.3) is 0 Å². The monoisotopic (exact) mass is 261 g/mol. The summed E-state index contributed by atoms with van der Waals surface area (Å²) >= 11 is 0. The SMILES string of the molecule is CCN(Cc1cnccc1C)C1CCCCC1CN. The van der Waals surface area contributed by atoms with Gasteiger partial charge in [-0.1, -0.05) is 19.8 Å². The van der Waals surface area contributed by atoms with Gasteiger partial charge in [0, 0.05) is 25.0 Å². The molecule has 1 heterocycles. The number of rotatable bonds is 5. The Balaban J connectivity index is 2.08. The Labute approximate surface area is 117 Å². The molecule has 1 aromatic heterocycles. The number of hydrogen-bond acceptors (Lipinski definition) is 3. The Kier molecular flexibility index (Phi) is 5.34. The van der Waals surface area contributed by atoms with Gasteiger partial charge in [-0.25, -0.2) is 0 Å². The first-order valence-corrected chi connectivity index (χ1v) is 7.59. The summed E-state index contributed by atoms with van der Waals surface area (Å²) in [4.78, 5) is 6.86. The minimum atomic E-state index is 0.656. The standard InChI is InChI=1S/C16H27N3/c1-3-19(12-15-11-18-9-8-13(15)2)16-7-5-4-6-14(16)10-17/h8-9,11,14,16H,3-7,10,12,17H2,1-2H3. The van der Waals surface area contributed by atoms with E-state index >= 15 is 0 Å². The predicted octanol–water partition coefficient (Wildman–Crippen LogP) is 2.73. The summed E-state index contributed by atoms with van der Waals surface area (Å²) < 4.78 is 0. The molecule has 1 saturated carbocycles. The van der Waals surface area contributed by atoms with Gasteiger partial charge in [0.15, 0.2) is 0 Å². The highest BCUT2D eigenvalue weighted by Crippen LogP contribution is 2.29. The van der Waals surface area contributed by atoms with E-state index in [0.717, 1.165) is 19.6 Å². The maximum Gasteiger partial charge on any atom is 0.0315 e. The summed E-state index contributed by atoms with van der Waals surface area (Å²) in [7, 11) is 0. The molecule has 2 unspecified atom stereocenters. The fourth-order valence-corrected chi connectivity index (χ4v) is 3.29. The van der Waals surface area contributed by atoms with E-state index in [9.17, 15) is 0 Å². The van der Waals surface area contributed by atoms with Crippen molar-refractivity contribution in [1.82, 2.24) is 9.88 Å². The number of pyridine rings is 1. The largest absolute Gasteiger partial charge is 0.330 e. The highest BCUT2D eigenvalue weighted by molar-refractivity contribution is 5.21. The van der Waals surface area contributed by atoms with Gasteiger partial charge in [-0.3, -0.25) is 9.88 Å². The highest BCUT2D eigenvalue weighted by atomic mass is 15.2. The van der Waals surface area contributed by atoms with Gasteiger partial charge in [-0.2, -0.15) is 0 Å². The summed E-state index contributed by atoms with van der Waals surface area (Å²) in [5.41, 5.74) is 8.66. The maximum atomic E-state index is 5.97. The van der Waals surface area contributed by atoms with Crippen molar-refractivity contribution in [3.05, 3.63) is 29.6 Å². The molecule has 0 saturated heterocycles. The van der Waals surface area contributed by atoms with Crippen molar-refractivity contribution in [2.75, 3.05) is 13.1 Å². The second kappa shape index (κ2) is 7.01. The molecule has 0 amide bonds. The third-order valence-corrected chi connectivity index (χ3v) is 4.57. The van der Waals surface area contributed by atoms with E-state index in [0.29, 0.717) is 12.0 Å². The molecule has 0 aliphatic heterocycles. The molecule has 2 N–H and O–H groups in total. The van der Waals surface area contributed by atoms with Gasteiger partial charge in [0.1, 0.15) is 0 Å². The molecule has 0 bridgehead atoms. The lowest BCUT2D eigenvalue weighted by atomic mass is 9.83. The van der Waals surface area contributed by atoms with E-state index in [1.54, 1.807) is 0 Å². The maximum absolute atomic E-state index is 5.97. The molecule has 3 heteroatoms. The summed E-state index contributed by atoms with van der Waals surface area (Å²) in [6, 6.07) is 2.76. The first kappa shape index (κ1) is 14.5. The molecule has 0 spiro atoms. The Morgan fingerprint density at radius 2 is 2.16 bits per heavy atom. The van der Waals surface area contributed by atoms with Crippen LogP contribution in [0.3, 0.4) is 0 Å². The van der Waals surface area contributed by atoms with Crippen LogP contribution in [0.5, 0.6) is 0 Å². The zero-order valence-electron chi connectivity index (χ0n) is 12.3. The lowest BCUT2D eigenvalue weighted by molar-refractivity contribution is 0.105. The van der Waals surface area contributed by atoms with Crippen LogP contribution in [0.1, 0.15) is 43.7 Å². The van der Waals surface area contributed by atoms with Gasteiger partial charge in [-0.05, 0) is 56.0 Å². The second-order valence-electron chi connectivity index (χ2n) is 5.71. The lowest BCUT2D eigenvalue weighted by Gasteiger charge is -2.39. The fourth-order valence-electron chi connectivity index (χ4n) is 3.29. The van der Waals surface area contributed by atoms with Crippen molar-refractivity contribution >= 4 is 0 Å². The number of aromatic nitrogens is 1. The molecular weight excluding hydrogens is 234 g/mol. The molecule has 0 aromatic carbocycles. The molecule has 3 nitrogen and oxygen atoms in total. The van der Waals surface area contributed by atoms with Crippen molar-refractivity contribution in [1.29, 1.82) is 0 Å². The molecule has 1 fully saturated rings. The first-order valence-electron chi connectivity index (χ1n) is 7.59. The average Bonchev–Trinajstić information content (AvgIpc) is 2.46. The number of nitrogens with zero attached hydrogens (tertiary/aromatic N) is 2. The minimum absolute atomic E-state index is 0.656. The van der Waals surface area contributed by atoms with Gasteiger partial charge < -0.3 is 5.73 Å². The Hall–Kier alpha value is -0.930. The number of hydrogen-bond donors (Lipinski definition) is 1. The van der Waals surface area contributed by atoms with E-state index in [2.05, 4.69) is 29.8 Å². The number of nitrogens with two attached hydrogens (primary N) is 1. The first-order chi connectivity index (χ1) is 9.26. The number of aryl methyl sites for hydroxylation is 1. The molecular formula is C16H27N3. The minimum Gasteiger partial charge on any atom is -0.330 e. The van der Waals surface area contributed by atoms with Crippen LogP contribution in [-0.4, -0.2) is 29.0 Å². The van der Waals surface area contributed by atoms with Gasteiger partial charge >= 0.3 is 0 Å². The van der Waals surface area contributed by atoms with Crippen molar-refractivity contribution in [2.24, 2.45) is 11.7 Å². The van der Waals surface area contributed by atoms with E-state index in [-0.39, 0.29) is 0 Å². The smallest absolute Gasteiger partial charge is 0.0315 e. The van der Waals surface area contributed by atoms with Crippen LogP contribution in [0, 0.1) is 12.8 Å². The molecule has 1 aliphatic carbocycles. The predicted molar refractivity (Wildman–Crippen MR) is 79.9 cm³/mol. The van der Waals surface area contributed by atoms with Gasteiger partial charge in [-0.15, -0.1) is 0 Å². The van der Waals surface area contributed by atoms with Gasteiger partial charge in [0.25, 0.3) is 0 Å². The van der Waals surface area contributed by atoms with Crippen LogP contribution in [0.2, 0.25) is 0 Å². The third kappa shape index (κ3) is 3.54. The van der Waals surface area contributed by atoms with E-state index < -0.39 is 0 Å². The van der Waals surface area contributed by atoms with Crippen molar-refractivity contribution < 1.29 is 0 Å². The third-order valence-electron chi connectivity index (χ3n) is 4.57. The van der Waals surface area contributed by atoms with Crippen LogP contribution in [0.4, 0.5) is 0 Å². The van der Waals surface area contributed by atoms with Gasteiger partial charge in [0.05, 0.1) is 0 Å². The summed E-state index contributed by atoms with van der Waals surface area (Å²) in [6.07, 6.45) is 9.18. The Morgan fingerprint density at radius 1 is 1.37 bits per heavy atom. The zero-order valence-corrected chi connectivity index (χ0v) is 12.3. The second-order valence-corrected chi connectivity index (χ2v) is 5.71. The summed E-state index contributed by atoms with van der Waals surface area (Å²) in [6.45, 7) is 7.36. The molecule has 19 heavy (non-hydrogen) atoms. The van der Waals surface area contributed by atoms with E-state index in [4.69, 9.17) is 5.73 Å². The normalized spacial score (nSPS) is 23.8. The van der Waals surface area contributed by atoms with Crippen LogP contribution in [-0.2, 0) is 6.54 Å². The molecule has 2 rings (SSSR count).